The zero-order valence-corrected chi connectivity index (χ0v) is 12.5. The van der Waals surface area contributed by atoms with Crippen molar-refractivity contribution < 1.29 is 5.11 Å². The van der Waals surface area contributed by atoms with Crippen LogP contribution in [0.4, 0.5) is 5.69 Å². The molecule has 3 nitrogen and oxygen atoms in total. The van der Waals surface area contributed by atoms with Crippen molar-refractivity contribution in [2.24, 2.45) is 4.99 Å². The number of aliphatic imine (C=N–C) groups is 1. The second-order valence-corrected chi connectivity index (χ2v) is 5.57. The molecule has 92 valence electrons. The number of unbranched alkanes of at least 4 members (excludes halogenated alkanes) is 1. The lowest BCUT2D eigenvalue weighted by Crippen LogP contribution is -2.24. The molecular formula is C12H14Br2N2O. The zero-order chi connectivity index (χ0) is 12.3. The number of nitrogens with zero attached hydrogens (tertiary/aromatic N) is 1. The Labute approximate surface area is 118 Å². The molecule has 0 bridgehead atoms. The fourth-order valence-corrected chi connectivity index (χ4v) is 3.35. The highest BCUT2D eigenvalue weighted by atomic mass is 79.9. The largest absolute Gasteiger partial charge is 0.396 e. The van der Waals surface area contributed by atoms with Crippen molar-refractivity contribution in [1.82, 2.24) is 0 Å². The topological polar surface area (TPSA) is 44.6 Å². The molecule has 0 saturated heterocycles. The molecule has 0 aliphatic carbocycles. The van der Waals surface area contributed by atoms with Crippen molar-refractivity contribution >= 4 is 42.2 Å². The summed E-state index contributed by atoms with van der Waals surface area (Å²) in [6.07, 6.45) is 2.83. The number of aliphatic hydroxyl groups is 1. The highest BCUT2D eigenvalue weighted by molar-refractivity contribution is 9.18. The van der Waals surface area contributed by atoms with Gasteiger partial charge in [0.15, 0.2) is 0 Å². The Hall–Kier alpha value is -0.390. The number of rotatable bonds is 4. The van der Waals surface area contributed by atoms with E-state index in [1.165, 1.54) is 0 Å². The average Bonchev–Trinajstić information content (AvgIpc) is 2.29. The fraction of sp³-hybridized carbons (Fsp3) is 0.417. The Balaban J connectivity index is 2.13. The van der Waals surface area contributed by atoms with Gasteiger partial charge in [-0.05, 0) is 63.3 Å². The molecule has 1 aliphatic heterocycles. The summed E-state index contributed by atoms with van der Waals surface area (Å²) in [5, 5.41) is 12.2. The summed E-state index contributed by atoms with van der Waals surface area (Å²) in [5.74, 6) is 0. The molecule has 0 amide bonds. The van der Waals surface area contributed by atoms with E-state index in [4.69, 9.17) is 5.11 Å². The number of nitrogens with one attached hydrogen (secondary N) is 1. The van der Waals surface area contributed by atoms with Crippen molar-refractivity contribution in [3.63, 3.8) is 0 Å². The van der Waals surface area contributed by atoms with E-state index < -0.39 is 0 Å². The van der Waals surface area contributed by atoms with Crippen LogP contribution in [0.2, 0.25) is 0 Å². The number of hydrogen-bond donors (Lipinski definition) is 2. The summed E-state index contributed by atoms with van der Waals surface area (Å²) in [7, 11) is 0. The number of fused-ring (bicyclic) bond motifs is 1. The zero-order valence-electron chi connectivity index (χ0n) is 9.29. The average molecular weight is 362 g/mol. The van der Waals surface area contributed by atoms with E-state index in [2.05, 4.69) is 48.2 Å². The minimum Gasteiger partial charge on any atom is -0.396 e. The maximum Gasteiger partial charge on any atom is 0.120 e. The van der Waals surface area contributed by atoms with Crippen molar-refractivity contribution in [2.45, 2.75) is 25.4 Å². The van der Waals surface area contributed by atoms with Crippen molar-refractivity contribution in [3.05, 3.63) is 28.2 Å². The van der Waals surface area contributed by atoms with Gasteiger partial charge in [-0.25, -0.2) is 0 Å². The lowest BCUT2D eigenvalue weighted by Gasteiger charge is -2.24. The van der Waals surface area contributed by atoms with Gasteiger partial charge < -0.3 is 10.4 Å². The minimum atomic E-state index is 0.0951. The first-order chi connectivity index (χ1) is 8.22. The number of benzene rings is 1. The lowest BCUT2D eigenvalue weighted by molar-refractivity contribution is 0.282. The van der Waals surface area contributed by atoms with E-state index in [1.54, 1.807) is 0 Å². The van der Waals surface area contributed by atoms with Gasteiger partial charge in [0, 0.05) is 22.3 Å². The predicted molar refractivity (Wildman–Crippen MR) is 78.0 cm³/mol. The fourth-order valence-electron chi connectivity index (χ4n) is 1.85. The van der Waals surface area contributed by atoms with Crippen LogP contribution in [0.1, 0.15) is 24.8 Å². The number of hydrogen-bond acceptors (Lipinski definition) is 3. The van der Waals surface area contributed by atoms with Gasteiger partial charge in [-0.15, -0.1) is 0 Å². The summed E-state index contributed by atoms with van der Waals surface area (Å²) in [6.45, 7) is 0.250. The molecule has 5 heteroatoms. The maximum atomic E-state index is 8.77. The third-order valence-corrected chi connectivity index (χ3v) is 3.96. The molecule has 1 unspecified atom stereocenters. The van der Waals surface area contributed by atoms with Crippen LogP contribution >= 0.6 is 31.9 Å². The predicted octanol–water partition coefficient (Wildman–Crippen LogP) is 3.50. The Morgan fingerprint density at radius 2 is 2.12 bits per heavy atom. The van der Waals surface area contributed by atoms with E-state index in [1.807, 2.05) is 12.1 Å². The lowest BCUT2D eigenvalue weighted by atomic mass is 10.1. The molecule has 1 aromatic carbocycles. The number of aliphatic hydroxyl groups excluding tert-OH is 1. The molecule has 17 heavy (non-hydrogen) atoms. The van der Waals surface area contributed by atoms with Crippen molar-refractivity contribution in [1.29, 1.82) is 0 Å². The molecule has 1 aromatic rings. The van der Waals surface area contributed by atoms with Crippen LogP contribution in [0.25, 0.3) is 0 Å². The van der Waals surface area contributed by atoms with Crippen molar-refractivity contribution in [3.8, 4) is 0 Å². The summed E-state index contributed by atoms with van der Waals surface area (Å²) in [4.78, 5) is 4.57. The van der Waals surface area contributed by atoms with Gasteiger partial charge in [-0.3, -0.25) is 4.99 Å². The monoisotopic (exact) mass is 360 g/mol. The smallest absolute Gasteiger partial charge is 0.120 e. The molecule has 0 fully saturated rings. The van der Waals surface area contributed by atoms with E-state index >= 15 is 0 Å². The second kappa shape index (κ2) is 5.98. The van der Waals surface area contributed by atoms with Crippen LogP contribution in [0.5, 0.6) is 0 Å². The van der Waals surface area contributed by atoms with Gasteiger partial charge >= 0.3 is 0 Å². The molecule has 2 rings (SSSR count). The SMILES string of the molecule is OCCCCC1N=C(Br)c2c(Br)cccc2N1. The van der Waals surface area contributed by atoms with Gasteiger partial charge in [0.1, 0.15) is 10.8 Å². The van der Waals surface area contributed by atoms with Crippen LogP contribution in [0, 0.1) is 0 Å². The van der Waals surface area contributed by atoms with Gasteiger partial charge in [-0.2, -0.15) is 0 Å². The van der Waals surface area contributed by atoms with Gasteiger partial charge in [-0.1, -0.05) is 6.07 Å². The molecule has 1 atom stereocenters. The second-order valence-electron chi connectivity index (χ2n) is 3.96. The Morgan fingerprint density at radius 3 is 2.88 bits per heavy atom. The minimum absolute atomic E-state index is 0.0951. The van der Waals surface area contributed by atoms with E-state index in [0.29, 0.717) is 0 Å². The number of halogens is 2. The Bertz CT molecular complexity index is 435. The molecule has 1 aliphatic rings. The first kappa shape index (κ1) is 13.1. The normalized spacial score (nSPS) is 18.3. The Morgan fingerprint density at radius 1 is 1.29 bits per heavy atom. The van der Waals surface area contributed by atoms with Gasteiger partial charge in [0.05, 0.1) is 0 Å². The standard InChI is InChI=1S/C12H14Br2N2O/c13-8-4-3-5-9-11(8)12(14)16-10(15-9)6-1-2-7-17/h3-5,10,15,17H,1-2,6-7H2. The summed E-state index contributed by atoms with van der Waals surface area (Å²) >= 11 is 7.04. The molecular weight excluding hydrogens is 348 g/mol. The van der Waals surface area contributed by atoms with Gasteiger partial charge in [0.2, 0.25) is 0 Å². The molecule has 0 aromatic heterocycles. The Kier molecular flexibility index (Phi) is 4.59. The molecule has 0 spiro atoms. The third-order valence-electron chi connectivity index (χ3n) is 2.70. The van der Waals surface area contributed by atoms with E-state index in [0.717, 1.165) is 39.6 Å². The van der Waals surface area contributed by atoms with Crippen LogP contribution < -0.4 is 5.32 Å². The molecule has 0 saturated carbocycles. The summed E-state index contributed by atoms with van der Waals surface area (Å²) < 4.78 is 1.92. The van der Waals surface area contributed by atoms with E-state index in [9.17, 15) is 0 Å². The number of anilines is 1. The van der Waals surface area contributed by atoms with Crippen molar-refractivity contribution in [2.75, 3.05) is 11.9 Å². The summed E-state index contributed by atoms with van der Waals surface area (Å²) in [6, 6.07) is 6.06. The first-order valence-corrected chi connectivity index (χ1v) is 7.20. The molecule has 1 heterocycles. The summed E-state index contributed by atoms with van der Waals surface area (Å²) in [5.41, 5.74) is 2.17. The quantitative estimate of drug-likeness (QED) is 0.806. The van der Waals surface area contributed by atoms with Crippen LogP contribution in [-0.2, 0) is 0 Å². The third kappa shape index (κ3) is 3.09. The highest BCUT2D eigenvalue weighted by Gasteiger charge is 2.20. The van der Waals surface area contributed by atoms with Gasteiger partial charge in [0.25, 0.3) is 0 Å². The van der Waals surface area contributed by atoms with Crippen LogP contribution in [0.3, 0.4) is 0 Å². The van der Waals surface area contributed by atoms with Crippen LogP contribution in [-0.4, -0.2) is 22.5 Å². The molecule has 2 N–H and O–H groups in total. The molecule has 0 radical (unpaired) electrons. The van der Waals surface area contributed by atoms with E-state index in [-0.39, 0.29) is 12.8 Å². The highest BCUT2D eigenvalue weighted by Crippen LogP contribution is 2.32. The van der Waals surface area contributed by atoms with Crippen LogP contribution in [0.15, 0.2) is 27.7 Å². The maximum absolute atomic E-state index is 8.77. The first-order valence-electron chi connectivity index (χ1n) is 5.62.